The number of amides is 1. The van der Waals surface area contributed by atoms with Gasteiger partial charge in [-0.2, -0.15) is 0 Å². The summed E-state index contributed by atoms with van der Waals surface area (Å²) in [6.07, 6.45) is 0. The molecule has 0 saturated heterocycles. The molecule has 1 N–H and O–H groups in total. The van der Waals surface area contributed by atoms with Crippen LogP contribution in [0, 0.1) is 10.1 Å². The molecular weight excluding hydrogens is 328 g/mol. The fraction of sp³-hybridized carbons (Fsp3) is 0.0625. The van der Waals surface area contributed by atoms with Crippen molar-refractivity contribution in [2.45, 2.75) is 6.54 Å². The van der Waals surface area contributed by atoms with Crippen molar-refractivity contribution in [1.82, 2.24) is 9.72 Å². The predicted molar refractivity (Wildman–Crippen MR) is 87.9 cm³/mol. The number of nitro groups is 1. The van der Waals surface area contributed by atoms with Gasteiger partial charge in [-0.25, -0.2) is 9.36 Å². The van der Waals surface area contributed by atoms with Gasteiger partial charge in [0.1, 0.15) is 6.54 Å². The Bertz CT molecular complexity index is 960. The van der Waals surface area contributed by atoms with Gasteiger partial charge in [0.15, 0.2) is 5.82 Å². The van der Waals surface area contributed by atoms with Crippen LogP contribution in [-0.4, -0.2) is 20.6 Å². The third kappa shape index (κ3) is 3.61. The zero-order chi connectivity index (χ0) is 17.8. The molecule has 0 bridgehead atoms. The van der Waals surface area contributed by atoms with E-state index < -0.39 is 16.6 Å². The largest absolute Gasteiger partial charge is 0.442 e. The molecule has 0 aliphatic rings. The number of nitrogens with zero attached hydrogens (tertiary/aromatic N) is 3. The topological polar surface area (TPSA) is 120 Å². The first-order valence-electron chi connectivity index (χ1n) is 7.21. The molecule has 3 aromatic rings. The van der Waals surface area contributed by atoms with E-state index in [-0.39, 0.29) is 18.1 Å². The van der Waals surface area contributed by atoms with Crippen LogP contribution in [0.4, 0.5) is 11.4 Å². The lowest BCUT2D eigenvalue weighted by molar-refractivity contribution is -0.384. The minimum Gasteiger partial charge on any atom is -0.325 e. The van der Waals surface area contributed by atoms with Gasteiger partial charge in [0.25, 0.3) is 5.69 Å². The lowest BCUT2D eigenvalue weighted by Crippen LogP contribution is -2.25. The van der Waals surface area contributed by atoms with Gasteiger partial charge >= 0.3 is 5.76 Å². The van der Waals surface area contributed by atoms with E-state index in [1.165, 1.54) is 24.3 Å². The summed E-state index contributed by atoms with van der Waals surface area (Å²) in [5, 5.41) is 17.0. The molecule has 0 aliphatic heterocycles. The van der Waals surface area contributed by atoms with Crippen LogP contribution in [0.5, 0.6) is 0 Å². The predicted octanol–water partition coefficient (Wildman–Crippen LogP) is 2.05. The number of hydrogen-bond acceptors (Lipinski definition) is 6. The van der Waals surface area contributed by atoms with Crippen molar-refractivity contribution >= 4 is 17.3 Å². The number of rotatable bonds is 5. The van der Waals surface area contributed by atoms with Gasteiger partial charge in [-0.1, -0.05) is 23.4 Å². The van der Waals surface area contributed by atoms with Crippen molar-refractivity contribution in [3.05, 3.63) is 75.3 Å². The molecule has 0 saturated carbocycles. The van der Waals surface area contributed by atoms with Crippen LogP contribution >= 0.6 is 0 Å². The quantitative estimate of drug-likeness (QED) is 0.560. The number of hydrogen-bond donors (Lipinski definition) is 1. The summed E-state index contributed by atoms with van der Waals surface area (Å²) in [5.41, 5.74) is 0.917. The standard InChI is InChI=1S/C16H12N4O5/c21-14(17-12-4-2-1-3-5-12)10-19-15(18-25-16(19)22)11-6-8-13(9-7-11)20(23)24/h1-9H,10H2,(H,17,21). The minimum absolute atomic E-state index is 0.0945. The molecule has 126 valence electrons. The smallest absolute Gasteiger partial charge is 0.325 e. The van der Waals surface area contributed by atoms with Crippen molar-refractivity contribution in [3.63, 3.8) is 0 Å². The fourth-order valence-electron chi connectivity index (χ4n) is 2.21. The molecule has 0 unspecified atom stereocenters. The molecule has 0 fully saturated rings. The normalized spacial score (nSPS) is 10.4. The highest BCUT2D eigenvalue weighted by Gasteiger charge is 2.17. The summed E-state index contributed by atoms with van der Waals surface area (Å²) >= 11 is 0. The van der Waals surface area contributed by atoms with Gasteiger partial charge in [-0.3, -0.25) is 19.4 Å². The Hall–Kier alpha value is -3.75. The fourth-order valence-corrected chi connectivity index (χ4v) is 2.21. The van der Waals surface area contributed by atoms with Crippen LogP contribution in [0.15, 0.2) is 63.9 Å². The highest BCUT2D eigenvalue weighted by Crippen LogP contribution is 2.20. The van der Waals surface area contributed by atoms with Gasteiger partial charge in [0.2, 0.25) is 5.91 Å². The first-order valence-corrected chi connectivity index (χ1v) is 7.21. The van der Waals surface area contributed by atoms with Gasteiger partial charge in [-0.15, -0.1) is 0 Å². The number of carbonyl (C=O) groups excluding carboxylic acids is 1. The van der Waals surface area contributed by atoms with Crippen LogP contribution in [0.3, 0.4) is 0 Å². The molecule has 0 radical (unpaired) electrons. The SMILES string of the molecule is O=C(Cn1c(-c2ccc([N+](=O)[O-])cc2)noc1=O)Nc1ccccc1. The summed E-state index contributed by atoms with van der Waals surface area (Å²) in [5.74, 6) is -1.11. The Balaban J connectivity index is 1.83. The summed E-state index contributed by atoms with van der Waals surface area (Å²) in [7, 11) is 0. The Morgan fingerprint density at radius 1 is 1.16 bits per heavy atom. The highest BCUT2D eigenvalue weighted by molar-refractivity contribution is 5.90. The molecule has 0 spiro atoms. The van der Waals surface area contributed by atoms with Crippen LogP contribution < -0.4 is 11.1 Å². The zero-order valence-corrected chi connectivity index (χ0v) is 12.8. The third-order valence-electron chi connectivity index (χ3n) is 3.38. The van der Waals surface area contributed by atoms with Crippen LogP contribution in [0.2, 0.25) is 0 Å². The van der Waals surface area contributed by atoms with Crippen LogP contribution in [-0.2, 0) is 11.3 Å². The molecular formula is C16H12N4O5. The Labute approximate surface area is 140 Å². The second-order valence-electron chi connectivity index (χ2n) is 5.08. The number of para-hydroxylation sites is 1. The minimum atomic E-state index is -0.795. The molecule has 0 aliphatic carbocycles. The number of benzene rings is 2. The first kappa shape index (κ1) is 16.1. The third-order valence-corrected chi connectivity index (χ3v) is 3.38. The van der Waals surface area contributed by atoms with Crippen LogP contribution in [0.1, 0.15) is 0 Å². The average molecular weight is 340 g/mol. The van der Waals surface area contributed by atoms with Gasteiger partial charge in [0.05, 0.1) is 4.92 Å². The molecule has 1 amide bonds. The van der Waals surface area contributed by atoms with E-state index in [4.69, 9.17) is 0 Å². The molecule has 1 aromatic heterocycles. The molecule has 25 heavy (non-hydrogen) atoms. The summed E-state index contributed by atoms with van der Waals surface area (Å²) in [4.78, 5) is 34.1. The van der Waals surface area contributed by atoms with Crippen molar-refractivity contribution in [2.75, 3.05) is 5.32 Å². The van der Waals surface area contributed by atoms with E-state index in [1.807, 2.05) is 6.07 Å². The van der Waals surface area contributed by atoms with E-state index >= 15 is 0 Å². The van der Waals surface area contributed by atoms with Crippen molar-refractivity contribution < 1.29 is 14.2 Å². The van der Waals surface area contributed by atoms with E-state index in [0.29, 0.717) is 11.3 Å². The molecule has 2 aromatic carbocycles. The lowest BCUT2D eigenvalue weighted by Gasteiger charge is -2.06. The monoisotopic (exact) mass is 340 g/mol. The summed E-state index contributed by atoms with van der Waals surface area (Å²) in [6.45, 7) is -0.302. The van der Waals surface area contributed by atoms with E-state index in [2.05, 4.69) is 15.0 Å². The maximum Gasteiger partial charge on any atom is 0.442 e. The van der Waals surface area contributed by atoms with Crippen molar-refractivity contribution in [1.29, 1.82) is 0 Å². The maximum atomic E-state index is 12.1. The molecule has 3 rings (SSSR count). The maximum absolute atomic E-state index is 12.1. The lowest BCUT2D eigenvalue weighted by atomic mass is 10.2. The second kappa shape index (κ2) is 6.79. The molecule has 0 atom stereocenters. The van der Waals surface area contributed by atoms with E-state index in [1.54, 1.807) is 24.3 Å². The highest BCUT2D eigenvalue weighted by atomic mass is 16.6. The summed E-state index contributed by atoms with van der Waals surface area (Å²) in [6, 6.07) is 14.2. The van der Waals surface area contributed by atoms with E-state index in [9.17, 15) is 19.7 Å². The average Bonchev–Trinajstić information content (AvgIpc) is 2.96. The molecule has 1 heterocycles. The first-order chi connectivity index (χ1) is 12.0. The Kier molecular flexibility index (Phi) is 4.38. The van der Waals surface area contributed by atoms with Crippen LogP contribution in [0.25, 0.3) is 11.4 Å². The van der Waals surface area contributed by atoms with Crippen molar-refractivity contribution in [2.24, 2.45) is 0 Å². The van der Waals surface area contributed by atoms with Gasteiger partial charge in [-0.05, 0) is 24.3 Å². The second-order valence-corrected chi connectivity index (χ2v) is 5.08. The van der Waals surface area contributed by atoms with Gasteiger partial charge < -0.3 is 5.32 Å². The Morgan fingerprint density at radius 3 is 2.48 bits per heavy atom. The number of nitrogens with one attached hydrogen (secondary N) is 1. The molecule has 9 nitrogen and oxygen atoms in total. The van der Waals surface area contributed by atoms with Gasteiger partial charge in [0, 0.05) is 23.4 Å². The number of aromatic nitrogens is 2. The Morgan fingerprint density at radius 2 is 1.84 bits per heavy atom. The van der Waals surface area contributed by atoms with E-state index in [0.717, 1.165) is 4.57 Å². The zero-order valence-electron chi connectivity index (χ0n) is 12.8. The summed E-state index contributed by atoms with van der Waals surface area (Å²) < 4.78 is 5.68. The number of non-ortho nitro benzene ring substituents is 1. The number of carbonyl (C=O) groups is 1. The molecule has 9 heteroatoms. The number of anilines is 1. The van der Waals surface area contributed by atoms with Crippen molar-refractivity contribution in [3.8, 4) is 11.4 Å². The number of nitro benzene ring substituents is 1.